The van der Waals surface area contributed by atoms with E-state index in [1.165, 1.54) is 12.1 Å². The summed E-state index contributed by atoms with van der Waals surface area (Å²) in [6.45, 7) is 0. The van der Waals surface area contributed by atoms with Crippen LogP contribution in [-0.4, -0.2) is 15.7 Å². The second-order valence-electron chi connectivity index (χ2n) is 5.24. The average molecular weight is 309 g/mol. The molecule has 4 nitrogen and oxygen atoms in total. The Morgan fingerprint density at radius 3 is 2.57 bits per heavy atom. The summed E-state index contributed by atoms with van der Waals surface area (Å²) in [7, 11) is 0. The average Bonchev–Trinajstić information content (AvgIpc) is 2.98. The van der Waals surface area contributed by atoms with Crippen molar-refractivity contribution in [1.29, 1.82) is 0 Å². The van der Waals surface area contributed by atoms with Gasteiger partial charge in [-0.2, -0.15) is 5.10 Å². The number of amides is 1. The van der Waals surface area contributed by atoms with Crippen LogP contribution in [0.2, 0.25) is 0 Å². The molecule has 0 saturated carbocycles. The summed E-state index contributed by atoms with van der Waals surface area (Å²) in [5, 5.41) is 4.54. The predicted octanol–water partition coefficient (Wildman–Crippen LogP) is 3.10. The molecule has 3 rings (SSSR count). The molecule has 2 N–H and O–H groups in total. The van der Waals surface area contributed by atoms with Crippen LogP contribution in [0.15, 0.2) is 60.7 Å². The Hall–Kier alpha value is -2.95. The molecule has 116 valence electrons. The van der Waals surface area contributed by atoms with Gasteiger partial charge < -0.3 is 5.73 Å². The molecule has 23 heavy (non-hydrogen) atoms. The molecule has 1 aromatic heterocycles. The summed E-state index contributed by atoms with van der Waals surface area (Å²) in [5.74, 6) is -0.673. The number of carbonyl (C=O) groups is 1. The maximum absolute atomic E-state index is 13.6. The topological polar surface area (TPSA) is 60.9 Å². The third-order valence-electron chi connectivity index (χ3n) is 3.51. The van der Waals surface area contributed by atoms with Gasteiger partial charge in [-0.1, -0.05) is 30.3 Å². The van der Waals surface area contributed by atoms with Gasteiger partial charge in [0.15, 0.2) is 0 Å². The molecule has 0 unspecified atom stereocenters. The number of carbonyl (C=O) groups excluding carboxylic acids is 1. The molecule has 0 atom stereocenters. The van der Waals surface area contributed by atoms with Crippen molar-refractivity contribution in [2.24, 2.45) is 5.73 Å². The number of nitrogens with two attached hydrogens (primary N) is 1. The highest BCUT2D eigenvalue weighted by Crippen LogP contribution is 2.25. The minimum atomic E-state index is -0.369. The van der Waals surface area contributed by atoms with Crippen molar-refractivity contribution in [3.05, 3.63) is 72.2 Å². The highest BCUT2D eigenvalue weighted by molar-refractivity contribution is 5.74. The van der Waals surface area contributed by atoms with E-state index in [4.69, 9.17) is 5.73 Å². The zero-order valence-electron chi connectivity index (χ0n) is 12.4. The molecule has 0 aliphatic heterocycles. The number of aromatic nitrogens is 2. The van der Waals surface area contributed by atoms with E-state index in [9.17, 15) is 9.18 Å². The van der Waals surface area contributed by atoms with Gasteiger partial charge in [0.2, 0.25) is 5.91 Å². The molecular weight excluding hydrogens is 293 g/mol. The number of nitrogens with zero attached hydrogens (tertiary/aromatic N) is 2. The molecule has 0 saturated heterocycles. The highest BCUT2D eigenvalue weighted by atomic mass is 19.1. The highest BCUT2D eigenvalue weighted by Gasteiger charge is 2.12. The number of halogens is 1. The fourth-order valence-electron chi connectivity index (χ4n) is 2.42. The number of primary amides is 1. The lowest BCUT2D eigenvalue weighted by Gasteiger charge is -2.07. The van der Waals surface area contributed by atoms with E-state index in [0.717, 1.165) is 22.6 Å². The van der Waals surface area contributed by atoms with E-state index in [0.29, 0.717) is 6.42 Å². The van der Waals surface area contributed by atoms with Crippen molar-refractivity contribution in [1.82, 2.24) is 9.78 Å². The number of hydrogen-bond acceptors (Lipinski definition) is 2. The van der Waals surface area contributed by atoms with Crippen molar-refractivity contribution in [2.75, 3.05) is 0 Å². The molecule has 0 radical (unpaired) electrons. The number of benzene rings is 2. The van der Waals surface area contributed by atoms with E-state index in [1.807, 2.05) is 42.5 Å². The summed E-state index contributed by atoms with van der Waals surface area (Å²) in [5.41, 5.74) is 8.32. The fraction of sp³-hybridized carbons (Fsp3) is 0.111. The first-order valence-corrected chi connectivity index (χ1v) is 7.32. The molecule has 0 aliphatic rings. The molecular formula is C18H16FN3O. The molecule has 5 heteroatoms. The van der Waals surface area contributed by atoms with Crippen LogP contribution in [0, 0.1) is 5.82 Å². The smallest absolute Gasteiger partial charge is 0.217 e. The molecule has 3 aromatic rings. The van der Waals surface area contributed by atoms with E-state index in [-0.39, 0.29) is 18.1 Å². The Morgan fingerprint density at radius 1 is 1.09 bits per heavy atom. The lowest BCUT2D eigenvalue weighted by atomic mass is 10.1. The van der Waals surface area contributed by atoms with Gasteiger partial charge in [-0.25, -0.2) is 9.07 Å². The molecule has 0 aliphatic carbocycles. The molecule has 0 fully saturated rings. The second kappa shape index (κ2) is 6.44. The van der Waals surface area contributed by atoms with Crippen molar-refractivity contribution in [2.45, 2.75) is 12.8 Å². The van der Waals surface area contributed by atoms with Gasteiger partial charge >= 0.3 is 0 Å². The van der Waals surface area contributed by atoms with Crippen molar-refractivity contribution >= 4 is 5.91 Å². The first kappa shape index (κ1) is 15.0. The summed E-state index contributed by atoms with van der Waals surface area (Å²) >= 11 is 0. The maximum Gasteiger partial charge on any atom is 0.217 e. The van der Waals surface area contributed by atoms with E-state index in [2.05, 4.69) is 5.10 Å². The van der Waals surface area contributed by atoms with Gasteiger partial charge in [0.05, 0.1) is 17.1 Å². The van der Waals surface area contributed by atoms with Crippen LogP contribution >= 0.6 is 0 Å². The van der Waals surface area contributed by atoms with Gasteiger partial charge in [-0.05, 0) is 30.3 Å². The molecule has 1 heterocycles. The van der Waals surface area contributed by atoms with Crippen LogP contribution in [-0.2, 0) is 11.2 Å². The van der Waals surface area contributed by atoms with Gasteiger partial charge in [-0.15, -0.1) is 0 Å². The van der Waals surface area contributed by atoms with Crippen LogP contribution in [0.25, 0.3) is 16.9 Å². The SMILES string of the molecule is NC(=O)CCc1cc(-c2cccc(F)c2)n(-c2ccccc2)n1. The second-order valence-corrected chi connectivity index (χ2v) is 5.24. The van der Waals surface area contributed by atoms with Crippen molar-refractivity contribution in [3.63, 3.8) is 0 Å². The summed E-state index contributed by atoms with van der Waals surface area (Å²) in [4.78, 5) is 11.0. The zero-order chi connectivity index (χ0) is 16.2. The van der Waals surface area contributed by atoms with Gasteiger partial charge in [0, 0.05) is 18.4 Å². The standard InChI is InChI=1S/C18H16FN3O/c19-14-6-4-5-13(11-14)17-12-15(9-10-18(20)23)21-22(17)16-7-2-1-3-8-16/h1-8,11-12H,9-10H2,(H2,20,23). The minimum absolute atomic E-state index is 0.231. The Balaban J connectivity index is 2.07. The van der Waals surface area contributed by atoms with Crippen LogP contribution in [0.5, 0.6) is 0 Å². The first-order valence-electron chi connectivity index (χ1n) is 7.32. The van der Waals surface area contributed by atoms with E-state index in [1.54, 1.807) is 10.7 Å². The number of para-hydroxylation sites is 1. The van der Waals surface area contributed by atoms with Crippen LogP contribution in [0.3, 0.4) is 0 Å². The Bertz CT molecular complexity index is 827. The molecule has 1 amide bonds. The quantitative estimate of drug-likeness (QED) is 0.787. The van der Waals surface area contributed by atoms with Crippen LogP contribution in [0.1, 0.15) is 12.1 Å². The summed E-state index contributed by atoms with van der Waals surface area (Å²) < 4.78 is 15.3. The number of hydrogen-bond donors (Lipinski definition) is 1. The largest absolute Gasteiger partial charge is 0.370 e. The zero-order valence-corrected chi connectivity index (χ0v) is 12.4. The predicted molar refractivity (Wildman–Crippen MR) is 86.5 cm³/mol. The van der Waals surface area contributed by atoms with E-state index >= 15 is 0 Å². The van der Waals surface area contributed by atoms with Crippen LogP contribution < -0.4 is 5.73 Å². The van der Waals surface area contributed by atoms with Crippen molar-refractivity contribution in [3.8, 4) is 16.9 Å². The lowest BCUT2D eigenvalue weighted by Crippen LogP contribution is -2.11. The number of rotatable bonds is 5. The monoisotopic (exact) mass is 309 g/mol. The third-order valence-corrected chi connectivity index (χ3v) is 3.51. The molecule has 0 bridgehead atoms. The summed E-state index contributed by atoms with van der Waals surface area (Å²) in [6, 6.07) is 17.8. The summed E-state index contributed by atoms with van der Waals surface area (Å²) in [6.07, 6.45) is 0.686. The normalized spacial score (nSPS) is 10.7. The molecule has 2 aromatic carbocycles. The minimum Gasteiger partial charge on any atom is -0.370 e. The fourth-order valence-corrected chi connectivity index (χ4v) is 2.42. The van der Waals surface area contributed by atoms with Crippen molar-refractivity contribution < 1.29 is 9.18 Å². The third kappa shape index (κ3) is 3.45. The molecule has 0 spiro atoms. The Morgan fingerprint density at radius 2 is 1.87 bits per heavy atom. The van der Waals surface area contributed by atoms with Gasteiger partial charge in [0.1, 0.15) is 5.82 Å². The lowest BCUT2D eigenvalue weighted by molar-refractivity contribution is -0.118. The Kier molecular flexibility index (Phi) is 4.19. The number of aryl methyl sites for hydroxylation is 1. The van der Waals surface area contributed by atoms with Gasteiger partial charge in [0.25, 0.3) is 0 Å². The van der Waals surface area contributed by atoms with E-state index < -0.39 is 0 Å². The Labute approximate surface area is 133 Å². The van der Waals surface area contributed by atoms with Gasteiger partial charge in [-0.3, -0.25) is 4.79 Å². The van der Waals surface area contributed by atoms with Crippen LogP contribution in [0.4, 0.5) is 4.39 Å². The maximum atomic E-state index is 13.6. The first-order chi connectivity index (χ1) is 11.1.